The van der Waals surface area contributed by atoms with Crippen molar-refractivity contribution in [1.82, 2.24) is 0 Å². The molecule has 0 aliphatic rings. The van der Waals surface area contributed by atoms with Gasteiger partial charge in [-0.05, 0) is 44.9 Å². The molecule has 0 saturated heterocycles. The lowest BCUT2D eigenvalue weighted by molar-refractivity contribution is -0.167. The lowest BCUT2D eigenvalue weighted by Crippen LogP contribution is -2.30. The van der Waals surface area contributed by atoms with Gasteiger partial charge in [0.2, 0.25) is 0 Å². The van der Waals surface area contributed by atoms with Crippen LogP contribution in [0.3, 0.4) is 0 Å². The molecule has 0 heterocycles. The molecule has 0 fully saturated rings. The van der Waals surface area contributed by atoms with Crippen molar-refractivity contribution in [3.05, 3.63) is 24.3 Å². The molecular weight excluding hydrogens is 901 g/mol. The van der Waals surface area contributed by atoms with Crippen LogP contribution in [0.15, 0.2) is 24.3 Å². The minimum Gasteiger partial charge on any atom is -0.462 e. The third kappa shape index (κ3) is 60.6. The predicted octanol–water partition coefficient (Wildman–Crippen LogP) is 22.2. The molecule has 1 unspecified atom stereocenters. The average molecular weight is 1030 g/mol. The van der Waals surface area contributed by atoms with Crippen LogP contribution in [-0.4, -0.2) is 37.2 Å². The number of hydrogen-bond acceptors (Lipinski definition) is 6. The van der Waals surface area contributed by atoms with E-state index in [1.165, 1.54) is 250 Å². The summed E-state index contributed by atoms with van der Waals surface area (Å²) in [5, 5.41) is 0. The Morgan fingerprint density at radius 3 is 0.795 bits per heavy atom. The van der Waals surface area contributed by atoms with Gasteiger partial charge in [-0.25, -0.2) is 0 Å². The fraction of sp³-hybridized carbons (Fsp3) is 0.896. The smallest absolute Gasteiger partial charge is 0.306 e. The predicted molar refractivity (Wildman–Crippen MR) is 316 cm³/mol. The van der Waals surface area contributed by atoms with Crippen LogP contribution in [0.1, 0.15) is 367 Å². The maximum absolute atomic E-state index is 12.9. The van der Waals surface area contributed by atoms with Gasteiger partial charge in [-0.2, -0.15) is 0 Å². The number of ether oxygens (including phenoxy) is 3. The van der Waals surface area contributed by atoms with E-state index in [-0.39, 0.29) is 31.1 Å². The number of esters is 3. The second kappa shape index (κ2) is 62.4. The van der Waals surface area contributed by atoms with Gasteiger partial charge in [-0.1, -0.05) is 328 Å². The molecule has 6 heteroatoms. The maximum Gasteiger partial charge on any atom is 0.306 e. The summed E-state index contributed by atoms with van der Waals surface area (Å²) < 4.78 is 16.9. The van der Waals surface area contributed by atoms with Gasteiger partial charge in [0, 0.05) is 19.3 Å². The molecule has 0 bridgehead atoms. The van der Waals surface area contributed by atoms with E-state index in [1.54, 1.807) is 0 Å². The zero-order valence-corrected chi connectivity index (χ0v) is 49.4. The fourth-order valence-electron chi connectivity index (χ4n) is 9.99. The summed E-state index contributed by atoms with van der Waals surface area (Å²) in [4.78, 5) is 38.3. The molecule has 430 valence electrons. The van der Waals surface area contributed by atoms with Gasteiger partial charge < -0.3 is 14.2 Å². The Morgan fingerprint density at radius 2 is 0.507 bits per heavy atom. The second-order valence-corrected chi connectivity index (χ2v) is 22.4. The van der Waals surface area contributed by atoms with E-state index < -0.39 is 6.10 Å². The van der Waals surface area contributed by atoms with Crippen molar-refractivity contribution in [3.8, 4) is 0 Å². The van der Waals surface area contributed by atoms with E-state index in [0.29, 0.717) is 19.3 Å². The molecular formula is C67H126O6. The highest BCUT2D eigenvalue weighted by molar-refractivity contribution is 5.71. The van der Waals surface area contributed by atoms with E-state index in [0.717, 1.165) is 77.0 Å². The standard InChI is InChI=1S/C67H126O6/c1-4-7-10-13-16-19-22-25-28-30-32-33-34-35-36-38-39-42-45-48-51-54-57-60-66(69)72-63-64(62-71-65(68)59-56-53-50-47-44-41-27-24-21-18-15-12-9-6-3)73-67(70)61-58-55-52-49-46-43-40-37-31-29-26-23-20-17-14-11-8-5-2/h15,18,24,27,64H,4-14,16-17,19-23,25-26,28-63H2,1-3H3/b18-15-,27-24-. The summed E-state index contributed by atoms with van der Waals surface area (Å²) in [5.74, 6) is -0.855. The molecule has 0 aliphatic heterocycles. The topological polar surface area (TPSA) is 78.9 Å². The quantitative estimate of drug-likeness (QED) is 0.0261. The Bertz CT molecular complexity index is 1180. The number of allylic oxidation sites excluding steroid dienone is 4. The van der Waals surface area contributed by atoms with E-state index in [4.69, 9.17) is 14.2 Å². The van der Waals surface area contributed by atoms with Crippen LogP contribution in [0.5, 0.6) is 0 Å². The van der Waals surface area contributed by atoms with Crippen molar-refractivity contribution in [2.24, 2.45) is 0 Å². The average Bonchev–Trinajstić information content (AvgIpc) is 3.39. The Balaban J connectivity index is 4.26. The molecule has 6 nitrogen and oxygen atoms in total. The first-order chi connectivity index (χ1) is 36.0. The van der Waals surface area contributed by atoms with Gasteiger partial charge in [0.05, 0.1) is 0 Å². The lowest BCUT2D eigenvalue weighted by atomic mass is 10.0. The minimum absolute atomic E-state index is 0.0695. The minimum atomic E-state index is -0.773. The molecule has 0 N–H and O–H groups in total. The van der Waals surface area contributed by atoms with Gasteiger partial charge in [0.15, 0.2) is 6.10 Å². The van der Waals surface area contributed by atoms with Crippen LogP contribution in [0.2, 0.25) is 0 Å². The lowest BCUT2D eigenvalue weighted by Gasteiger charge is -2.18. The third-order valence-corrected chi connectivity index (χ3v) is 15.0. The monoisotopic (exact) mass is 1030 g/mol. The molecule has 0 radical (unpaired) electrons. The highest BCUT2D eigenvalue weighted by atomic mass is 16.6. The van der Waals surface area contributed by atoms with Crippen molar-refractivity contribution < 1.29 is 28.6 Å². The molecule has 0 aromatic rings. The molecule has 0 amide bonds. The van der Waals surface area contributed by atoms with E-state index in [1.807, 2.05) is 0 Å². The molecule has 0 saturated carbocycles. The molecule has 0 aliphatic carbocycles. The molecule has 1 atom stereocenters. The van der Waals surface area contributed by atoms with Crippen molar-refractivity contribution in [2.45, 2.75) is 374 Å². The summed E-state index contributed by atoms with van der Waals surface area (Å²) in [6, 6.07) is 0. The van der Waals surface area contributed by atoms with Gasteiger partial charge in [-0.3, -0.25) is 14.4 Å². The normalized spacial score (nSPS) is 12.1. The van der Waals surface area contributed by atoms with Crippen LogP contribution in [0.25, 0.3) is 0 Å². The van der Waals surface area contributed by atoms with Crippen molar-refractivity contribution in [1.29, 1.82) is 0 Å². The molecule has 73 heavy (non-hydrogen) atoms. The van der Waals surface area contributed by atoms with E-state index in [9.17, 15) is 14.4 Å². The Kier molecular flexibility index (Phi) is 60.6. The fourth-order valence-corrected chi connectivity index (χ4v) is 9.99. The number of carbonyl (C=O) groups excluding carboxylic acids is 3. The van der Waals surface area contributed by atoms with Crippen LogP contribution >= 0.6 is 0 Å². The molecule has 0 spiro atoms. The molecule has 0 rings (SSSR count). The van der Waals surface area contributed by atoms with Gasteiger partial charge in [0.1, 0.15) is 13.2 Å². The second-order valence-electron chi connectivity index (χ2n) is 22.4. The summed E-state index contributed by atoms with van der Waals surface area (Å²) >= 11 is 0. The highest BCUT2D eigenvalue weighted by Gasteiger charge is 2.19. The first-order valence-corrected chi connectivity index (χ1v) is 32.8. The van der Waals surface area contributed by atoms with Crippen molar-refractivity contribution >= 4 is 17.9 Å². The van der Waals surface area contributed by atoms with Crippen molar-refractivity contribution in [2.75, 3.05) is 13.2 Å². The summed E-state index contributed by atoms with van der Waals surface area (Å²) in [5.41, 5.74) is 0. The first-order valence-electron chi connectivity index (χ1n) is 32.8. The van der Waals surface area contributed by atoms with Gasteiger partial charge >= 0.3 is 17.9 Å². The van der Waals surface area contributed by atoms with Gasteiger partial charge in [-0.15, -0.1) is 0 Å². The van der Waals surface area contributed by atoms with Crippen LogP contribution < -0.4 is 0 Å². The molecule has 0 aromatic heterocycles. The summed E-state index contributed by atoms with van der Waals surface area (Å²) in [7, 11) is 0. The number of carbonyl (C=O) groups is 3. The van der Waals surface area contributed by atoms with E-state index in [2.05, 4.69) is 45.1 Å². The summed E-state index contributed by atoms with van der Waals surface area (Å²) in [6.07, 6.45) is 74.8. The highest BCUT2D eigenvalue weighted by Crippen LogP contribution is 2.18. The number of hydrogen-bond donors (Lipinski definition) is 0. The van der Waals surface area contributed by atoms with Crippen molar-refractivity contribution in [3.63, 3.8) is 0 Å². The summed E-state index contributed by atoms with van der Waals surface area (Å²) in [6.45, 7) is 6.66. The van der Waals surface area contributed by atoms with Gasteiger partial charge in [0.25, 0.3) is 0 Å². The van der Waals surface area contributed by atoms with Crippen LogP contribution in [0.4, 0.5) is 0 Å². The number of unbranched alkanes of at least 4 members (excludes halogenated alkanes) is 46. The van der Waals surface area contributed by atoms with E-state index >= 15 is 0 Å². The maximum atomic E-state index is 12.9. The van der Waals surface area contributed by atoms with Crippen LogP contribution in [-0.2, 0) is 28.6 Å². The Morgan fingerprint density at radius 1 is 0.274 bits per heavy atom. The zero-order chi connectivity index (χ0) is 52.9. The van der Waals surface area contributed by atoms with Crippen LogP contribution in [0, 0.1) is 0 Å². The largest absolute Gasteiger partial charge is 0.462 e. The molecule has 0 aromatic carbocycles. The third-order valence-electron chi connectivity index (χ3n) is 15.0. The SMILES string of the molecule is CCCC/C=C\C/C=C\CCCCCCCC(=O)OCC(COC(=O)CCCCCCCCCCCCCCCCCCCCCCCCC)OC(=O)CCCCCCCCCCCCCCCCCCCC. The Hall–Kier alpha value is -2.11. The zero-order valence-electron chi connectivity index (χ0n) is 49.4. The Labute approximate surface area is 455 Å². The first kappa shape index (κ1) is 70.9. The number of rotatable bonds is 61.